The van der Waals surface area contributed by atoms with Crippen LogP contribution in [0.5, 0.6) is 0 Å². The predicted octanol–water partition coefficient (Wildman–Crippen LogP) is 2.94. The van der Waals surface area contributed by atoms with E-state index in [1.807, 2.05) is 28.8 Å². The summed E-state index contributed by atoms with van der Waals surface area (Å²) in [6, 6.07) is 5.89. The number of ether oxygens (including phenoxy) is 1. The van der Waals surface area contributed by atoms with Gasteiger partial charge in [0.05, 0.1) is 5.52 Å². The number of piperidine rings is 1. The SMILES string of the molecule is COCCCN1CCC(CNC(=O)c2nc(C(C)C)n3ccccc23)CC1. The molecule has 1 fully saturated rings. The number of likely N-dealkylation sites (tertiary alicyclic amines) is 1. The van der Waals surface area contributed by atoms with Crippen LogP contribution in [0.25, 0.3) is 5.52 Å². The minimum absolute atomic E-state index is 0.0619. The molecule has 3 heterocycles. The van der Waals surface area contributed by atoms with Gasteiger partial charge in [-0.3, -0.25) is 4.79 Å². The molecule has 6 heteroatoms. The third kappa shape index (κ3) is 4.87. The van der Waals surface area contributed by atoms with Crippen LogP contribution in [0.2, 0.25) is 0 Å². The van der Waals surface area contributed by atoms with Crippen LogP contribution >= 0.6 is 0 Å². The summed E-state index contributed by atoms with van der Waals surface area (Å²) in [7, 11) is 1.75. The molecule has 1 N–H and O–H groups in total. The third-order valence-electron chi connectivity index (χ3n) is 5.39. The minimum Gasteiger partial charge on any atom is -0.385 e. The second-order valence-corrected chi connectivity index (χ2v) is 7.77. The van der Waals surface area contributed by atoms with Crippen molar-refractivity contribution in [1.82, 2.24) is 19.6 Å². The molecule has 2 aromatic rings. The van der Waals surface area contributed by atoms with Crippen LogP contribution in [0.4, 0.5) is 0 Å². The Hall–Kier alpha value is -1.92. The number of aromatic nitrogens is 2. The monoisotopic (exact) mass is 372 g/mol. The van der Waals surface area contributed by atoms with Crippen molar-refractivity contribution in [1.29, 1.82) is 0 Å². The fraction of sp³-hybridized carbons (Fsp3) is 0.619. The Bertz CT molecular complexity index is 748. The molecular weight excluding hydrogens is 340 g/mol. The van der Waals surface area contributed by atoms with Crippen LogP contribution in [-0.2, 0) is 4.74 Å². The number of carbonyl (C=O) groups excluding carboxylic acids is 1. The van der Waals surface area contributed by atoms with Crippen LogP contribution < -0.4 is 5.32 Å². The van der Waals surface area contributed by atoms with E-state index < -0.39 is 0 Å². The van der Waals surface area contributed by atoms with Crippen molar-refractivity contribution in [2.75, 3.05) is 39.9 Å². The lowest BCUT2D eigenvalue weighted by atomic mass is 9.96. The van der Waals surface area contributed by atoms with Gasteiger partial charge >= 0.3 is 0 Å². The number of imidazole rings is 1. The summed E-state index contributed by atoms with van der Waals surface area (Å²) in [6.45, 7) is 9.07. The molecule has 0 atom stereocenters. The molecule has 3 rings (SSSR count). The summed E-state index contributed by atoms with van der Waals surface area (Å²) >= 11 is 0. The number of nitrogens with one attached hydrogen (secondary N) is 1. The molecule has 0 bridgehead atoms. The summed E-state index contributed by atoms with van der Waals surface area (Å²) in [4.78, 5) is 19.9. The fourth-order valence-electron chi connectivity index (χ4n) is 3.80. The third-order valence-corrected chi connectivity index (χ3v) is 5.39. The zero-order valence-electron chi connectivity index (χ0n) is 16.8. The standard InChI is InChI=1S/C21H32N4O2/c1-16(2)20-23-19(18-7-4-5-11-25(18)20)21(26)22-15-17-8-12-24(13-9-17)10-6-14-27-3/h4-5,7,11,16-17H,6,8-10,12-15H2,1-3H3,(H,22,26). The van der Waals surface area contributed by atoms with Crippen molar-refractivity contribution >= 4 is 11.4 Å². The van der Waals surface area contributed by atoms with Crippen molar-refractivity contribution in [3.8, 4) is 0 Å². The zero-order chi connectivity index (χ0) is 19.2. The van der Waals surface area contributed by atoms with E-state index in [1.54, 1.807) is 7.11 Å². The summed E-state index contributed by atoms with van der Waals surface area (Å²) in [6.07, 6.45) is 5.33. The fourth-order valence-corrected chi connectivity index (χ4v) is 3.80. The Morgan fingerprint density at radius 3 is 2.81 bits per heavy atom. The molecule has 0 aliphatic carbocycles. The van der Waals surface area contributed by atoms with Gasteiger partial charge in [0.2, 0.25) is 0 Å². The zero-order valence-corrected chi connectivity index (χ0v) is 16.8. The Balaban J connectivity index is 1.54. The first kappa shape index (κ1) is 19.8. The number of hydrogen-bond acceptors (Lipinski definition) is 4. The number of rotatable bonds is 8. The van der Waals surface area contributed by atoms with Crippen LogP contribution in [0, 0.1) is 5.92 Å². The van der Waals surface area contributed by atoms with E-state index in [9.17, 15) is 4.79 Å². The van der Waals surface area contributed by atoms with E-state index in [2.05, 4.69) is 29.0 Å². The topological polar surface area (TPSA) is 58.9 Å². The van der Waals surface area contributed by atoms with Gasteiger partial charge in [0.25, 0.3) is 5.91 Å². The summed E-state index contributed by atoms with van der Waals surface area (Å²) in [5, 5.41) is 3.13. The smallest absolute Gasteiger partial charge is 0.272 e. The van der Waals surface area contributed by atoms with E-state index in [-0.39, 0.29) is 11.8 Å². The van der Waals surface area contributed by atoms with Crippen molar-refractivity contribution in [3.63, 3.8) is 0 Å². The lowest BCUT2D eigenvalue weighted by molar-refractivity contribution is 0.0930. The molecule has 1 saturated heterocycles. The minimum atomic E-state index is -0.0619. The lowest BCUT2D eigenvalue weighted by Crippen LogP contribution is -2.39. The molecule has 148 valence electrons. The van der Waals surface area contributed by atoms with Gasteiger partial charge in [-0.25, -0.2) is 4.98 Å². The number of amides is 1. The van der Waals surface area contributed by atoms with E-state index in [1.165, 1.54) is 0 Å². The Labute approximate surface area is 161 Å². The maximum Gasteiger partial charge on any atom is 0.272 e. The molecule has 0 spiro atoms. The number of carbonyl (C=O) groups is 1. The lowest BCUT2D eigenvalue weighted by Gasteiger charge is -2.31. The average molecular weight is 373 g/mol. The molecule has 27 heavy (non-hydrogen) atoms. The maximum atomic E-state index is 12.8. The van der Waals surface area contributed by atoms with E-state index >= 15 is 0 Å². The highest BCUT2D eigenvalue weighted by Gasteiger charge is 2.22. The summed E-state index contributed by atoms with van der Waals surface area (Å²) in [5.74, 6) is 1.68. The van der Waals surface area contributed by atoms with Crippen molar-refractivity contribution in [2.45, 2.75) is 39.0 Å². The highest BCUT2D eigenvalue weighted by Crippen LogP contribution is 2.20. The van der Waals surface area contributed by atoms with E-state index in [0.717, 1.165) is 63.4 Å². The van der Waals surface area contributed by atoms with Gasteiger partial charge in [0, 0.05) is 38.9 Å². The molecule has 1 aliphatic rings. The average Bonchev–Trinajstić information content (AvgIpc) is 3.07. The first-order valence-corrected chi connectivity index (χ1v) is 10.1. The number of fused-ring (bicyclic) bond motifs is 1. The van der Waals surface area contributed by atoms with Gasteiger partial charge in [-0.05, 0) is 50.4 Å². The Morgan fingerprint density at radius 2 is 2.11 bits per heavy atom. The Kier molecular flexibility index (Phi) is 6.85. The van der Waals surface area contributed by atoms with E-state index in [4.69, 9.17) is 4.74 Å². The van der Waals surface area contributed by atoms with Gasteiger partial charge in [-0.1, -0.05) is 19.9 Å². The van der Waals surface area contributed by atoms with Crippen molar-refractivity contribution in [3.05, 3.63) is 35.9 Å². The molecule has 6 nitrogen and oxygen atoms in total. The second-order valence-electron chi connectivity index (χ2n) is 7.77. The van der Waals surface area contributed by atoms with Crippen molar-refractivity contribution in [2.24, 2.45) is 5.92 Å². The predicted molar refractivity (Wildman–Crippen MR) is 107 cm³/mol. The maximum absolute atomic E-state index is 12.8. The molecule has 1 amide bonds. The van der Waals surface area contributed by atoms with Gasteiger partial charge in [-0.15, -0.1) is 0 Å². The molecule has 0 saturated carbocycles. The second kappa shape index (κ2) is 9.33. The first-order chi connectivity index (χ1) is 13.1. The molecule has 1 aliphatic heterocycles. The van der Waals surface area contributed by atoms with Crippen LogP contribution in [0.15, 0.2) is 24.4 Å². The van der Waals surface area contributed by atoms with E-state index in [0.29, 0.717) is 11.6 Å². The molecule has 0 radical (unpaired) electrons. The highest BCUT2D eigenvalue weighted by molar-refractivity contribution is 5.99. The first-order valence-electron chi connectivity index (χ1n) is 10.1. The number of methoxy groups -OCH3 is 1. The number of hydrogen-bond donors (Lipinski definition) is 1. The van der Waals surface area contributed by atoms with Crippen LogP contribution in [0.1, 0.15) is 55.3 Å². The molecule has 0 unspecified atom stereocenters. The summed E-state index contributed by atoms with van der Waals surface area (Å²) in [5.41, 5.74) is 1.42. The molecular formula is C21H32N4O2. The molecule has 2 aromatic heterocycles. The largest absolute Gasteiger partial charge is 0.385 e. The highest BCUT2D eigenvalue weighted by atomic mass is 16.5. The van der Waals surface area contributed by atoms with Crippen LogP contribution in [0.3, 0.4) is 0 Å². The normalized spacial score (nSPS) is 16.3. The summed E-state index contributed by atoms with van der Waals surface area (Å²) < 4.78 is 7.15. The van der Waals surface area contributed by atoms with Crippen molar-refractivity contribution < 1.29 is 9.53 Å². The number of nitrogens with zero attached hydrogens (tertiary/aromatic N) is 3. The van der Waals surface area contributed by atoms with Gasteiger partial charge in [0.15, 0.2) is 5.69 Å². The quantitative estimate of drug-likeness (QED) is 0.724. The van der Waals surface area contributed by atoms with Gasteiger partial charge < -0.3 is 19.4 Å². The van der Waals surface area contributed by atoms with Gasteiger partial charge in [0.1, 0.15) is 5.82 Å². The van der Waals surface area contributed by atoms with Gasteiger partial charge in [-0.2, -0.15) is 0 Å². The number of pyridine rings is 1. The molecule has 0 aromatic carbocycles. The Morgan fingerprint density at radius 1 is 1.33 bits per heavy atom. The van der Waals surface area contributed by atoms with Crippen LogP contribution in [-0.4, -0.2) is 60.1 Å².